The van der Waals surface area contributed by atoms with Crippen molar-refractivity contribution in [2.75, 3.05) is 19.6 Å². The number of amides is 1. The zero-order valence-corrected chi connectivity index (χ0v) is 9.42. The summed E-state index contributed by atoms with van der Waals surface area (Å²) in [5, 5.41) is 22.5. The molecule has 1 aromatic heterocycles. The zero-order valence-electron chi connectivity index (χ0n) is 9.42. The molecule has 1 saturated heterocycles. The van der Waals surface area contributed by atoms with E-state index < -0.39 is 16.9 Å². The highest BCUT2D eigenvalue weighted by atomic mass is 16.6. The second-order valence-corrected chi connectivity index (χ2v) is 3.88. The lowest BCUT2D eigenvalue weighted by molar-refractivity contribution is -0.384. The maximum absolute atomic E-state index is 12.1. The van der Waals surface area contributed by atoms with Crippen molar-refractivity contribution in [3.63, 3.8) is 0 Å². The summed E-state index contributed by atoms with van der Waals surface area (Å²) in [4.78, 5) is 26.0. The third-order valence-corrected chi connectivity index (χ3v) is 2.76. The fourth-order valence-electron chi connectivity index (χ4n) is 1.83. The number of hydrogen-bond donors (Lipinski definition) is 2. The lowest BCUT2D eigenvalue weighted by atomic mass is 10.2. The summed E-state index contributed by atoms with van der Waals surface area (Å²) in [6.07, 6.45) is 1.16. The van der Waals surface area contributed by atoms with Gasteiger partial charge < -0.3 is 15.2 Å². The number of hydrogen-bond acceptors (Lipinski definition) is 5. The molecule has 0 saturated carbocycles. The maximum atomic E-state index is 12.1. The number of H-pyrrole nitrogens is 1. The molecule has 0 spiro atoms. The number of aromatic amines is 1. The Morgan fingerprint density at radius 2 is 2.44 bits per heavy atom. The summed E-state index contributed by atoms with van der Waals surface area (Å²) in [7, 11) is 0. The number of nitro groups is 1. The van der Waals surface area contributed by atoms with Crippen LogP contribution in [0.3, 0.4) is 0 Å². The molecule has 18 heavy (non-hydrogen) atoms. The van der Waals surface area contributed by atoms with Gasteiger partial charge in [-0.2, -0.15) is 5.26 Å². The first kappa shape index (κ1) is 12.1. The maximum Gasteiger partial charge on any atom is 0.287 e. The predicted molar refractivity (Wildman–Crippen MR) is 60.8 cm³/mol. The number of aromatic nitrogens is 1. The number of carbonyl (C=O) groups excluding carboxylic acids is 1. The standard InChI is InChI=1S/C10H11N5O3/c11-4-8-5-12-1-2-14(8)10(16)9-3-7(6-13-9)15(17)18/h3,6,8,12-13H,1-2,5H2. The average Bonchev–Trinajstić information content (AvgIpc) is 2.87. The Kier molecular flexibility index (Phi) is 3.25. The Morgan fingerprint density at radius 3 is 3.06 bits per heavy atom. The SMILES string of the molecule is N#CC1CNCCN1C(=O)c1cc([N+](=O)[O-])c[nH]1. The van der Waals surface area contributed by atoms with E-state index in [1.807, 2.05) is 6.07 Å². The van der Waals surface area contributed by atoms with Gasteiger partial charge in [0.15, 0.2) is 0 Å². The fourth-order valence-corrected chi connectivity index (χ4v) is 1.83. The molecule has 8 nitrogen and oxygen atoms in total. The van der Waals surface area contributed by atoms with Crippen LogP contribution < -0.4 is 5.32 Å². The zero-order chi connectivity index (χ0) is 13.1. The van der Waals surface area contributed by atoms with Gasteiger partial charge in [0.05, 0.1) is 17.2 Å². The molecular formula is C10H11N5O3. The molecule has 0 aliphatic carbocycles. The highest BCUT2D eigenvalue weighted by Gasteiger charge is 2.28. The van der Waals surface area contributed by atoms with Crippen molar-refractivity contribution in [2.24, 2.45) is 0 Å². The molecule has 1 unspecified atom stereocenters. The second-order valence-electron chi connectivity index (χ2n) is 3.88. The van der Waals surface area contributed by atoms with Gasteiger partial charge in [0.25, 0.3) is 11.6 Å². The van der Waals surface area contributed by atoms with Crippen LogP contribution in [0, 0.1) is 21.4 Å². The summed E-state index contributed by atoms with van der Waals surface area (Å²) < 4.78 is 0. The van der Waals surface area contributed by atoms with Crippen LogP contribution in [0.25, 0.3) is 0 Å². The summed E-state index contributed by atoms with van der Waals surface area (Å²) >= 11 is 0. The molecule has 1 fully saturated rings. The topological polar surface area (TPSA) is 115 Å². The summed E-state index contributed by atoms with van der Waals surface area (Å²) in [5.41, 5.74) is -0.0363. The van der Waals surface area contributed by atoms with Crippen molar-refractivity contribution >= 4 is 11.6 Å². The van der Waals surface area contributed by atoms with Crippen molar-refractivity contribution in [2.45, 2.75) is 6.04 Å². The quantitative estimate of drug-likeness (QED) is 0.559. The molecule has 0 bridgehead atoms. The van der Waals surface area contributed by atoms with E-state index in [-0.39, 0.29) is 11.4 Å². The minimum atomic E-state index is -0.577. The van der Waals surface area contributed by atoms with Gasteiger partial charge in [0, 0.05) is 25.7 Å². The first-order chi connectivity index (χ1) is 8.63. The minimum Gasteiger partial charge on any atom is -0.351 e. The molecule has 94 valence electrons. The van der Waals surface area contributed by atoms with Gasteiger partial charge in [-0.1, -0.05) is 0 Å². The summed E-state index contributed by atoms with van der Waals surface area (Å²) in [6, 6.07) is 2.66. The second kappa shape index (κ2) is 4.85. The van der Waals surface area contributed by atoms with Gasteiger partial charge in [-0.25, -0.2) is 0 Å². The van der Waals surface area contributed by atoms with E-state index in [4.69, 9.17) is 5.26 Å². The van der Waals surface area contributed by atoms with Crippen molar-refractivity contribution in [1.29, 1.82) is 5.26 Å². The van der Waals surface area contributed by atoms with Gasteiger partial charge in [0.2, 0.25) is 0 Å². The lowest BCUT2D eigenvalue weighted by Gasteiger charge is -2.31. The molecule has 1 amide bonds. The third-order valence-electron chi connectivity index (χ3n) is 2.76. The number of piperazine rings is 1. The molecule has 1 aromatic rings. The largest absolute Gasteiger partial charge is 0.351 e. The number of rotatable bonds is 2. The van der Waals surface area contributed by atoms with Crippen LogP contribution in [0.15, 0.2) is 12.3 Å². The van der Waals surface area contributed by atoms with Crippen LogP contribution in [-0.2, 0) is 0 Å². The monoisotopic (exact) mass is 249 g/mol. The van der Waals surface area contributed by atoms with E-state index in [0.29, 0.717) is 19.6 Å². The molecule has 1 aliphatic heterocycles. The van der Waals surface area contributed by atoms with E-state index >= 15 is 0 Å². The van der Waals surface area contributed by atoms with Gasteiger partial charge in [-0.15, -0.1) is 0 Å². The molecule has 8 heteroatoms. The summed E-state index contributed by atoms with van der Waals surface area (Å²) in [6.45, 7) is 1.42. The third kappa shape index (κ3) is 2.16. The van der Waals surface area contributed by atoms with Crippen molar-refractivity contribution in [3.05, 3.63) is 28.1 Å². The van der Waals surface area contributed by atoms with Crippen LogP contribution in [-0.4, -0.2) is 46.4 Å². The molecule has 2 N–H and O–H groups in total. The van der Waals surface area contributed by atoms with Crippen LogP contribution in [0.1, 0.15) is 10.5 Å². The van der Waals surface area contributed by atoms with E-state index in [0.717, 1.165) is 6.20 Å². The Labute approximate surface area is 102 Å². The van der Waals surface area contributed by atoms with Crippen molar-refractivity contribution < 1.29 is 9.72 Å². The average molecular weight is 249 g/mol. The highest BCUT2D eigenvalue weighted by molar-refractivity contribution is 5.93. The molecule has 2 heterocycles. The first-order valence-electron chi connectivity index (χ1n) is 5.37. The predicted octanol–water partition coefficient (Wildman–Crippen LogP) is -0.140. The lowest BCUT2D eigenvalue weighted by Crippen LogP contribution is -2.53. The molecule has 1 aliphatic rings. The van der Waals surface area contributed by atoms with Gasteiger partial charge in [0.1, 0.15) is 11.7 Å². The van der Waals surface area contributed by atoms with E-state index in [2.05, 4.69) is 10.3 Å². The van der Waals surface area contributed by atoms with Gasteiger partial charge in [-0.3, -0.25) is 14.9 Å². The smallest absolute Gasteiger partial charge is 0.287 e. The molecule has 2 rings (SSSR count). The minimum absolute atomic E-state index is 0.129. The first-order valence-corrected chi connectivity index (χ1v) is 5.37. The molecular weight excluding hydrogens is 238 g/mol. The Balaban J connectivity index is 2.19. The Morgan fingerprint density at radius 1 is 1.67 bits per heavy atom. The number of nitrogens with one attached hydrogen (secondary N) is 2. The van der Waals surface area contributed by atoms with Gasteiger partial charge >= 0.3 is 0 Å². The fraction of sp³-hybridized carbons (Fsp3) is 0.400. The van der Waals surface area contributed by atoms with Gasteiger partial charge in [-0.05, 0) is 0 Å². The number of carbonyl (C=O) groups is 1. The normalized spacial score (nSPS) is 19.3. The number of nitrogens with zero attached hydrogens (tertiary/aromatic N) is 3. The Bertz CT molecular complexity index is 518. The highest BCUT2D eigenvalue weighted by Crippen LogP contribution is 2.15. The molecule has 0 aromatic carbocycles. The molecule has 1 atom stereocenters. The molecule has 0 radical (unpaired) electrons. The van der Waals surface area contributed by atoms with Crippen LogP contribution in [0.2, 0.25) is 0 Å². The van der Waals surface area contributed by atoms with Crippen LogP contribution in [0.5, 0.6) is 0 Å². The van der Waals surface area contributed by atoms with Crippen LogP contribution >= 0.6 is 0 Å². The van der Waals surface area contributed by atoms with Crippen molar-refractivity contribution in [1.82, 2.24) is 15.2 Å². The van der Waals surface area contributed by atoms with E-state index in [1.165, 1.54) is 11.0 Å². The number of nitriles is 1. The van der Waals surface area contributed by atoms with E-state index in [9.17, 15) is 14.9 Å². The van der Waals surface area contributed by atoms with Crippen LogP contribution in [0.4, 0.5) is 5.69 Å². The van der Waals surface area contributed by atoms with E-state index in [1.54, 1.807) is 0 Å². The van der Waals surface area contributed by atoms with Crippen molar-refractivity contribution in [3.8, 4) is 6.07 Å². The summed E-state index contributed by atoms with van der Waals surface area (Å²) in [5.74, 6) is -0.392. The Hall–Kier alpha value is -2.40.